The number of nitrogens with one attached hydrogen (secondary N) is 1. The highest BCUT2D eigenvalue weighted by Gasteiger charge is 2.12. The summed E-state index contributed by atoms with van der Waals surface area (Å²) in [5.74, 6) is 2.27. The van der Waals surface area contributed by atoms with Crippen LogP contribution in [0, 0.1) is 0 Å². The van der Waals surface area contributed by atoms with Crippen LogP contribution in [0.1, 0.15) is 25.2 Å². The predicted octanol–water partition coefficient (Wildman–Crippen LogP) is 3.49. The summed E-state index contributed by atoms with van der Waals surface area (Å²) in [7, 11) is 3.24. The third-order valence-electron chi connectivity index (χ3n) is 3.85. The fourth-order valence-corrected chi connectivity index (χ4v) is 2.44. The number of Topliss-reactive ketones (excluding diaryl/α,β-unsaturated/α-hetero) is 1. The Hall–Kier alpha value is -2.69. The summed E-state index contributed by atoms with van der Waals surface area (Å²) >= 11 is 0. The van der Waals surface area contributed by atoms with Gasteiger partial charge in [0.05, 0.1) is 20.5 Å². The van der Waals surface area contributed by atoms with Gasteiger partial charge in [-0.15, -0.1) is 0 Å². The van der Waals surface area contributed by atoms with E-state index in [1.165, 1.54) is 0 Å². The van der Waals surface area contributed by atoms with Gasteiger partial charge in [-0.25, -0.2) is 0 Å². The van der Waals surface area contributed by atoms with Crippen LogP contribution in [0.15, 0.2) is 52.3 Å². The molecule has 0 unspecified atom stereocenters. The summed E-state index contributed by atoms with van der Waals surface area (Å²) in [6, 6.07) is 9.34. The molecule has 0 fully saturated rings. The van der Waals surface area contributed by atoms with E-state index in [1.807, 2.05) is 37.3 Å². The highest BCUT2D eigenvalue weighted by Crippen LogP contribution is 2.24. The van der Waals surface area contributed by atoms with Crippen LogP contribution in [0.25, 0.3) is 0 Å². The average molecular weight is 329 g/mol. The lowest BCUT2D eigenvalue weighted by Gasteiger charge is -2.14. The van der Waals surface area contributed by atoms with Crippen LogP contribution >= 0.6 is 0 Å². The molecule has 0 aliphatic rings. The maximum absolute atomic E-state index is 11.9. The van der Waals surface area contributed by atoms with E-state index in [0.717, 1.165) is 28.5 Å². The van der Waals surface area contributed by atoms with Gasteiger partial charge in [0.1, 0.15) is 17.3 Å². The van der Waals surface area contributed by atoms with E-state index in [2.05, 4.69) is 5.32 Å². The zero-order valence-corrected chi connectivity index (χ0v) is 14.5. The van der Waals surface area contributed by atoms with Crippen LogP contribution in [-0.4, -0.2) is 20.0 Å². The van der Waals surface area contributed by atoms with Crippen molar-refractivity contribution in [2.45, 2.75) is 26.8 Å². The van der Waals surface area contributed by atoms with Crippen LogP contribution in [0.5, 0.6) is 11.5 Å². The Labute approximate surface area is 142 Å². The summed E-state index contributed by atoms with van der Waals surface area (Å²) in [4.78, 5) is 11.9. The minimum atomic E-state index is 0.0260. The first-order chi connectivity index (χ1) is 11.5. The Morgan fingerprint density at radius 2 is 1.96 bits per heavy atom. The molecule has 2 aromatic rings. The van der Waals surface area contributed by atoms with Crippen LogP contribution in [0.3, 0.4) is 0 Å². The molecule has 24 heavy (non-hydrogen) atoms. The van der Waals surface area contributed by atoms with E-state index >= 15 is 0 Å². The van der Waals surface area contributed by atoms with Crippen LogP contribution < -0.4 is 14.8 Å². The molecule has 0 amide bonds. The predicted molar refractivity (Wildman–Crippen MR) is 92.2 cm³/mol. The second-order valence-corrected chi connectivity index (χ2v) is 5.45. The molecule has 2 rings (SSSR count). The lowest BCUT2D eigenvalue weighted by Crippen LogP contribution is -2.17. The monoisotopic (exact) mass is 329 g/mol. The largest absolute Gasteiger partial charge is 0.497 e. The lowest BCUT2D eigenvalue weighted by atomic mass is 10.0. The van der Waals surface area contributed by atoms with Gasteiger partial charge in [0, 0.05) is 35.9 Å². The number of benzene rings is 1. The Kier molecular flexibility index (Phi) is 6.07. The zero-order valence-electron chi connectivity index (χ0n) is 14.5. The number of ether oxygens (including phenoxy) is 2. The van der Waals surface area contributed by atoms with Crippen molar-refractivity contribution < 1.29 is 18.7 Å². The number of carbonyl (C=O) groups excluding carboxylic acids is 1. The van der Waals surface area contributed by atoms with Gasteiger partial charge in [-0.2, -0.15) is 0 Å². The third kappa shape index (κ3) is 4.41. The fraction of sp³-hybridized carbons (Fsp3) is 0.316. The number of methoxy groups -OCH3 is 2. The maximum atomic E-state index is 11.9. The van der Waals surface area contributed by atoms with E-state index in [0.29, 0.717) is 18.5 Å². The highest BCUT2D eigenvalue weighted by molar-refractivity contribution is 5.94. The smallest absolute Gasteiger partial charge is 0.157 e. The molecule has 1 aromatic heterocycles. The Morgan fingerprint density at radius 3 is 2.54 bits per heavy atom. The van der Waals surface area contributed by atoms with Crippen LogP contribution in [0.4, 0.5) is 0 Å². The zero-order chi connectivity index (χ0) is 17.5. The van der Waals surface area contributed by atoms with Gasteiger partial charge >= 0.3 is 0 Å². The molecule has 0 saturated heterocycles. The lowest BCUT2D eigenvalue weighted by molar-refractivity contribution is -0.113. The number of hydrogen-bond donors (Lipinski definition) is 1. The number of ketones is 1. The van der Waals surface area contributed by atoms with Gasteiger partial charge in [-0.05, 0) is 38.1 Å². The fourth-order valence-electron chi connectivity index (χ4n) is 2.44. The van der Waals surface area contributed by atoms with Gasteiger partial charge in [0.15, 0.2) is 5.78 Å². The molecule has 0 aliphatic heterocycles. The summed E-state index contributed by atoms with van der Waals surface area (Å²) < 4.78 is 15.9. The summed E-state index contributed by atoms with van der Waals surface area (Å²) in [6.45, 7) is 4.01. The molecule has 0 aliphatic carbocycles. The summed E-state index contributed by atoms with van der Waals surface area (Å²) in [6.07, 6.45) is 2.08. The van der Waals surface area contributed by atoms with Crippen molar-refractivity contribution in [3.05, 3.63) is 59.2 Å². The van der Waals surface area contributed by atoms with E-state index in [1.54, 1.807) is 27.4 Å². The Bertz CT molecular complexity index is 717. The third-order valence-corrected chi connectivity index (χ3v) is 3.85. The molecule has 5 heteroatoms. The highest BCUT2D eigenvalue weighted by atomic mass is 16.5. The number of furan rings is 1. The molecule has 1 aromatic carbocycles. The second-order valence-electron chi connectivity index (χ2n) is 5.45. The molecular formula is C19H23NO4. The molecular weight excluding hydrogens is 306 g/mol. The van der Waals surface area contributed by atoms with E-state index in [9.17, 15) is 4.79 Å². The second kappa shape index (κ2) is 8.24. The van der Waals surface area contributed by atoms with Crippen molar-refractivity contribution in [1.82, 2.24) is 5.32 Å². The van der Waals surface area contributed by atoms with E-state index < -0.39 is 0 Å². The number of carbonyl (C=O) groups is 1. The first kappa shape index (κ1) is 17.7. The minimum absolute atomic E-state index is 0.0260. The molecule has 1 N–H and O–H groups in total. The van der Waals surface area contributed by atoms with Gasteiger partial charge < -0.3 is 19.2 Å². The molecule has 0 atom stereocenters. The Morgan fingerprint density at radius 1 is 1.17 bits per heavy atom. The van der Waals surface area contributed by atoms with Crippen molar-refractivity contribution >= 4 is 5.78 Å². The summed E-state index contributed by atoms with van der Waals surface area (Å²) in [5.41, 5.74) is 2.52. The average Bonchev–Trinajstić information content (AvgIpc) is 3.10. The number of hydrogen-bond acceptors (Lipinski definition) is 5. The summed E-state index contributed by atoms with van der Waals surface area (Å²) in [5, 5.41) is 3.30. The standard InChI is InChI=1S/C19H23NO4/c1-13(18(14(2)21)10-17-6-5-9-24-17)20-12-15-7-8-16(22-3)11-19(15)23-4/h5-9,11,20H,10,12H2,1-4H3/b18-13-. The maximum Gasteiger partial charge on any atom is 0.157 e. The normalized spacial score (nSPS) is 11.7. The van der Waals surface area contributed by atoms with Crippen molar-refractivity contribution in [3.8, 4) is 11.5 Å². The quantitative estimate of drug-likeness (QED) is 0.751. The molecule has 1 heterocycles. The molecule has 0 bridgehead atoms. The van der Waals surface area contributed by atoms with Crippen LogP contribution in [0.2, 0.25) is 0 Å². The minimum Gasteiger partial charge on any atom is -0.497 e. The van der Waals surface area contributed by atoms with Gasteiger partial charge in [0.2, 0.25) is 0 Å². The molecule has 0 spiro atoms. The van der Waals surface area contributed by atoms with Crippen molar-refractivity contribution in [2.24, 2.45) is 0 Å². The van der Waals surface area contributed by atoms with E-state index in [-0.39, 0.29) is 5.78 Å². The Balaban J connectivity index is 2.14. The van der Waals surface area contributed by atoms with E-state index in [4.69, 9.17) is 13.9 Å². The SMILES string of the molecule is COc1ccc(CN/C(C)=C(/Cc2ccco2)C(C)=O)c(OC)c1. The van der Waals surface area contributed by atoms with Crippen LogP contribution in [-0.2, 0) is 17.8 Å². The molecule has 128 valence electrons. The van der Waals surface area contributed by atoms with Gasteiger partial charge in [-0.1, -0.05) is 0 Å². The van der Waals surface area contributed by atoms with Crippen molar-refractivity contribution in [1.29, 1.82) is 0 Å². The first-order valence-corrected chi connectivity index (χ1v) is 7.73. The first-order valence-electron chi connectivity index (χ1n) is 7.73. The molecule has 0 saturated carbocycles. The van der Waals surface area contributed by atoms with Gasteiger partial charge in [-0.3, -0.25) is 4.79 Å². The molecule has 0 radical (unpaired) electrons. The molecule has 5 nitrogen and oxygen atoms in total. The topological polar surface area (TPSA) is 60.7 Å². The van der Waals surface area contributed by atoms with Gasteiger partial charge in [0.25, 0.3) is 0 Å². The number of rotatable bonds is 8. The van der Waals surface area contributed by atoms with Crippen molar-refractivity contribution in [2.75, 3.05) is 14.2 Å². The number of allylic oxidation sites excluding steroid dienone is 2. The van der Waals surface area contributed by atoms with Crippen molar-refractivity contribution in [3.63, 3.8) is 0 Å².